The van der Waals surface area contributed by atoms with Gasteiger partial charge in [0.1, 0.15) is 13.2 Å². The van der Waals surface area contributed by atoms with E-state index >= 15 is 0 Å². The Kier molecular flexibility index (Phi) is 45.2. The maximum Gasteiger partial charge on any atom is 0.306 e. The second-order valence-electron chi connectivity index (χ2n) is 18.3. The molecule has 0 heterocycles. The van der Waals surface area contributed by atoms with Crippen LogP contribution < -0.4 is 0 Å². The van der Waals surface area contributed by atoms with Gasteiger partial charge in [0, 0.05) is 19.3 Å². The Morgan fingerprint density at radius 1 is 0.328 bits per heavy atom. The van der Waals surface area contributed by atoms with E-state index < -0.39 is 6.10 Å². The van der Waals surface area contributed by atoms with Crippen LogP contribution in [0.3, 0.4) is 0 Å². The number of ether oxygens (including phenoxy) is 3. The van der Waals surface area contributed by atoms with Crippen molar-refractivity contribution < 1.29 is 28.6 Å². The molecular formula is C52H100O6. The van der Waals surface area contributed by atoms with Crippen molar-refractivity contribution in [2.75, 3.05) is 13.2 Å². The zero-order valence-electron chi connectivity index (χ0n) is 39.5. The summed E-state index contributed by atoms with van der Waals surface area (Å²) in [6.45, 7) is 9.00. The lowest BCUT2D eigenvalue weighted by molar-refractivity contribution is -0.167. The van der Waals surface area contributed by atoms with Crippen molar-refractivity contribution in [3.63, 3.8) is 0 Å². The molecule has 1 atom stereocenters. The normalized spacial score (nSPS) is 11.9. The van der Waals surface area contributed by atoms with Crippen LogP contribution in [0.5, 0.6) is 0 Å². The Balaban J connectivity index is 4.29. The van der Waals surface area contributed by atoms with Gasteiger partial charge in [0.2, 0.25) is 0 Å². The fourth-order valence-corrected chi connectivity index (χ4v) is 7.86. The molecule has 0 saturated carbocycles. The molecule has 58 heavy (non-hydrogen) atoms. The molecular weight excluding hydrogens is 721 g/mol. The predicted octanol–water partition coefficient (Wildman–Crippen LogP) is 16.7. The number of hydrogen-bond donors (Lipinski definition) is 0. The van der Waals surface area contributed by atoms with Crippen molar-refractivity contribution in [3.8, 4) is 0 Å². The molecule has 0 aliphatic heterocycles. The summed E-state index contributed by atoms with van der Waals surface area (Å²) in [5.41, 5.74) is 0. The number of hydrogen-bond acceptors (Lipinski definition) is 6. The number of carbonyl (C=O) groups excluding carboxylic acids is 3. The summed E-state index contributed by atoms with van der Waals surface area (Å²) in [6, 6.07) is 0. The zero-order chi connectivity index (χ0) is 42.4. The van der Waals surface area contributed by atoms with Gasteiger partial charge in [0.05, 0.1) is 0 Å². The van der Waals surface area contributed by atoms with Gasteiger partial charge in [-0.1, -0.05) is 252 Å². The smallest absolute Gasteiger partial charge is 0.306 e. The molecule has 0 aromatic rings. The Labute approximate surface area is 361 Å². The summed E-state index contributed by atoms with van der Waals surface area (Å²) in [5, 5.41) is 0. The molecule has 0 bridgehead atoms. The molecule has 0 radical (unpaired) electrons. The van der Waals surface area contributed by atoms with E-state index in [0.717, 1.165) is 63.7 Å². The fraction of sp³-hybridized carbons (Fsp3) is 0.942. The highest BCUT2D eigenvalue weighted by Gasteiger charge is 2.19. The van der Waals surface area contributed by atoms with Gasteiger partial charge in [-0.2, -0.15) is 0 Å². The lowest BCUT2D eigenvalue weighted by Gasteiger charge is -2.18. The third-order valence-corrected chi connectivity index (χ3v) is 11.8. The molecule has 0 aliphatic carbocycles. The molecule has 0 spiro atoms. The van der Waals surface area contributed by atoms with Crippen molar-refractivity contribution in [3.05, 3.63) is 0 Å². The van der Waals surface area contributed by atoms with Crippen LogP contribution in [0.1, 0.15) is 291 Å². The Morgan fingerprint density at radius 3 is 0.845 bits per heavy atom. The van der Waals surface area contributed by atoms with E-state index in [9.17, 15) is 14.4 Å². The van der Waals surface area contributed by atoms with E-state index in [-0.39, 0.29) is 31.1 Å². The monoisotopic (exact) mass is 821 g/mol. The summed E-state index contributed by atoms with van der Waals surface area (Å²) < 4.78 is 16.8. The summed E-state index contributed by atoms with van der Waals surface area (Å²) in [5.74, 6) is -0.0398. The topological polar surface area (TPSA) is 78.9 Å². The van der Waals surface area contributed by atoms with Crippen LogP contribution >= 0.6 is 0 Å². The molecule has 0 unspecified atom stereocenters. The summed E-state index contributed by atoms with van der Waals surface area (Å²) in [7, 11) is 0. The SMILES string of the molecule is CCCCCCCCCCCCCCCCCCC(=O)OC[C@@H](COC(=O)CCCCCCCCCCCCCC)OC(=O)CCCCCCCCCCCC(C)C. The van der Waals surface area contributed by atoms with Crippen LogP contribution in [0.2, 0.25) is 0 Å². The van der Waals surface area contributed by atoms with Crippen molar-refractivity contribution >= 4 is 17.9 Å². The fourth-order valence-electron chi connectivity index (χ4n) is 7.86. The molecule has 6 nitrogen and oxygen atoms in total. The van der Waals surface area contributed by atoms with Crippen molar-refractivity contribution in [2.24, 2.45) is 5.92 Å². The minimum Gasteiger partial charge on any atom is -0.462 e. The van der Waals surface area contributed by atoms with E-state index in [0.29, 0.717) is 19.3 Å². The third-order valence-electron chi connectivity index (χ3n) is 11.8. The maximum atomic E-state index is 12.8. The van der Waals surface area contributed by atoms with Gasteiger partial charge in [0.25, 0.3) is 0 Å². The molecule has 6 heteroatoms. The third kappa shape index (κ3) is 45.5. The highest BCUT2D eigenvalue weighted by Crippen LogP contribution is 2.17. The van der Waals surface area contributed by atoms with Crippen LogP contribution in [-0.4, -0.2) is 37.2 Å². The van der Waals surface area contributed by atoms with Crippen LogP contribution in [0, 0.1) is 5.92 Å². The van der Waals surface area contributed by atoms with Gasteiger partial charge < -0.3 is 14.2 Å². The first-order valence-electron chi connectivity index (χ1n) is 25.9. The molecule has 0 saturated heterocycles. The molecule has 0 N–H and O–H groups in total. The van der Waals surface area contributed by atoms with E-state index in [1.54, 1.807) is 0 Å². The van der Waals surface area contributed by atoms with Gasteiger partial charge in [-0.15, -0.1) is 0 Å². The highest BCUT2D eigenvalue weighted by atomic mass is 16.6. The second-order valence-corrected chi connectivity index (χ2v) is 18.3. The number of carbonyl (C=O) groups is 3. The van der Waals surface area contributed by atoms with Crippen LogP contribution in [0.25, 0.3) is 0 Å². The van der Waals surface area contributed by atoms with E-state index in [2.05, 4.69) is 27.7 Å². The Hall–Kier alpha value is -1.59. The van der Waals surface area contributed by atoms with Crippen LogP contribution in [0.4, 0.5) is 0 Å². The van der Waals surface area contributed by atoms with Gasteiger partial charge >= 0.3 is 17.9 Å². The lowest BCUT2D eigenvalue weighted by atomic mass is 10.0. The first-order valence-corrected chi connectivity index (χ1v) is 25.9. The largest absolute Gasteiger partial charge is 0.462 e. The highest BCUT2D eigenvalue weighted by molar-refractivity contribution is 5.71. The Morgan fingerprint density at radius 2 is 0.569 bits per heavy atom. The van der Waals surface area contributed by atoms with Gasteiger partial charge in [0.15, 0.2) is 6.10 Å². The predicted molar refractivity (Wildman–Crippen MR) is 247 cm³/mol. The number of rotatable bonds is 47. The zero-order valence-corrected chi connectivity index (χ0v) is 39.5. The molecule has 344 valence electrons. The maximum absolute atomic E-state index is 12.8. The molecule has 0 amide bonds. The van der Waals surface area contributed by atoms with Crippen LogP contribution in [0.15, 0.2) is 0 Å². The molecule has 0 aromatic heterocycles. The van der Waals surface area contributed by atoms with Crippen molar-refractivity contribution in [1.82, 2.24) is 0 Å². The average Bonchev–Trinajstić information content (AvgIpc) is 3.21. The van der Waals surface area contributed by atoms with E-state index in [1.165, 1.54) is 186 Å². The Bertz CT molecular complexity index is 872. The summed E-state index contributed by atoms with van der Waals surface area (Å²) >= 11 is 0. The van der Waals surface area contributed by atoms with Gasteiger partial charge in [-0.25, -0.2) is 0 Å². The quantitative estimate of drug-likeness (QED) is 0.0346. The van der Waals surface area contributed by atoms with Crippen molar-refractivity contribution in [2.45, 2.75) is 297 Å². The minimum atomic E-state index is -0.760. The molecule has 0 fully saturated rings. The number of esters is 3. The van der Waals surface area contributed by atoms with Gasteiger partial charge in [-0.05, 0) is 25.2 Å². The summed E-state index contributed by atoms with van der Waals surface area (Å²) in [4.78, 5) is 37.9. The summed E-state index contributed by atoms with van der Waals surface area (Å²) in [6.07, 6.45) is 48.0. The van der Waals surface area contributed by atoms with E-state index in [4.69, 9.17) is 14.2 Å². The molecule has 0 aromatic carbocycles. The minimum absolute atomic E-state index is 0.0630. The van der Waals surface area contributed by atoms with Gasteiger partial charge in [-0.3, -0.25) is 14.4 Å². The second kappa shape index (κ2) is 46.5. The molecule has 0 aliphatic rings. The average molecular weight is 821 g/mol. The van der Waals surface area contributed by atoms with Crippen LogP contribution in [-0.2, 0) is 28.6 Å². The van der Waals surface area contributed by atoms with Crippen molar-refractivity contribution in [1.29, 1.82) is 0 Å². The standard InChI is InChI=1S/C52H100O6/c1-5-7-9-11-13-15-17-19-20-21-22-24-28-32-36-40-44-51(54)57-47-49(58-52(55)45-41-37-33-29-25-26-30-34-38-42-48(3)4)46-56-50(53)43-39-35-31-27-23-18-16-14-12-10-8-6-2/h48-49H,5-47H2,1-4H3/t49-/m1/s1. The van der Waals surface area contributed by atoms with E-state index in [1.807, 2.05) is 0 Å². The number of unbranched alkanes of at least 4 members (excludes halogenated alkanes) is 34. The first-order chi connectivity index (χ1) is 28.4. The first kappa shape index (κ1) is 56.4. The molecule has 0 rings (SSSR count). The lowest BCUT2D eigenvalue weighted by Crippen LogP contribution is -2.30.